The molecule has 4 aliphatic rings. The maximum Gasteiger partial charge on any atom is 0.143 e. The van der Waals surface area contributed by atoms with Crippen molar-refractivity contribution in [3.8, 4) is 5.75 Å². The topological polar surface area (TPSA) is 34.5 Å². The van der Waals surface area contributed by atoms with Crippen LogP contribution in [0.5, 0.6) is 5.75 Å². The Morgan fingerprint density at radius 1 is 1.32 bits per heavy atom. The monoisotopic (exact) mass is 336 g/mol. The van der Waals surface area contributed by atoms with Gasteiger partial charge in [-0.15, -0.1) is 0 Å². The predicted molar refractivity (Wildman–Crippen MR) is 97.8 cm³/mol. The van der Waals surface area contributed by atoms with Gasteiger partial charge < -0.3 is 14.1 Å². The predicted octanol–water partition coefficient (Wildman–Crippen LogP) is 3.25. The number of ether oxygens (including phenoxy) is 1. The fourth-order valence-corrected chi connectivity index (χ4v) is 5.81. The van der Waals surface area contributed by atoms with Crippen LogP contribution in [0.2, 0.25) is 0 Å². The number of benzene rings is 1. The van der Waals surface area contributed by atoms with Crippen LogP contribution in [-0.4, -0.2) is 35.4 Å². The van der Waals surface area contributed by atoms with Gasteiger partial charge in [0.05, 0.1) is 18.7 Å². The molecule has 4 heteroatoms. The van der Waals surface area contributed by atoms with Crippen LogP contribution >= 0.6 is 0 Å². The van der Waals surface area contributed by atoms with E-state index in [-0.39, 0.29) is 5.92 Å². The summed E-state index contributed by atoms with van der Waals surface area (Å²) >= 11 is 0. The number of aryl methyl sites for hydroxylation is 1. The highest BCUT2D eigenvalue weighted by Gasteiger charge is 2.53. The molecule has 0 spiro atoms. The second kappa shape index (κ2) is 5.21. The van der Waals surface area contributed by atoms with E-state index >= 15 is 0 Å². The number of hydrogen-bond donors (Lipinski definition) is 0. The molecule has 25 heavy (non-hydrogen) atoms. The fraction of sp³-hybridized carbons (Fsp3) is 0.476. The molecule has 0 N–H and O–H groups in total. The lowest BCUT2D eigenvalue weighted by molar-refractivity contribution is -0.121. The highest BCUT2D eigenvalue weighted by molar-refractivity contribution is 5.91. The van der Waals surface area contributed by atoms with Crippen molar-refractivity contribution in [1.29, 1.82) is 0 Å². The Balaban J connectivity index is 1.74. The first-order valence-corrected chi connectivity index (χ1v) is 9.19. The normalized spacial score (nSPS) is 34.4. The van der Waals surface area contributed by atoms with Crippen LogP contribution in [-0.2, 0) is 18.3 Å². The van der Waals surface area contributed by atoms with Crippen molar-refractivity contribution in [3.63, 3.8) is 0 Å². The summed E-state index contributed by atoms with van der Waals surface area (Å²) < 4.78 is 7.98. The number of hydrogen-bond acceptors (Lipinski definition) is 3. The standard InChI is InChI=1S/C21H24N2O2/c1-4-12-10-23-17-9-15-13-6-5-7-19(25-3)21(13)22(2)20(15)18(23)8-14(12)16(17)11-24/h4-7,11,14,16-18H,8-10H2,1-3H3/t14-,16-,17+,18+/m1/s1. The van der Waals surface area contributed by atoms with Gasteiger partial charge in [-0.25, -0.2) is 0 Å². The SMILES string of the molecule is CC=C1CN2[C@H]3C[C@H]1[C@@H](C=O)[C@@H]2Cc1c3n(C)c2c(OC)cccc12. The van der Waals surface area contributed by atoms with Crippen LogP contribution in [0.4, 0.5) is 0 Å². The second-order valence-electron chi connectivity index (χ2n) is 7.66. The lowest BCUT2D eigenvalue weighted by Gasteiger charge is -2.57. The third-order valence-electron chi connectivity index (χ3n) is 6.86. The largest absolute Gasteiger partial charge is 0.495 e. The zero-order chi connectivity index (χ0) is 17.3. The van der Waals surface area contributed by atoms with Crippen molar-refractivity contribution in [3.05, 3.63) is 41.1 Å². The zero-order valence-electron chi connectivity index (χ0n) is 15.0. The lowest BCUT2D eigenvalue weighted by Crippen LogP contribution is -2.60. The number of piperidine rings is 3. The molecule has 5 atom stereocenters. The molecule has 3 saturated heterocycles. The van der Waals surface area contributed by atoms with E-state index in [1.807, 2.05) is 6.07 Å². The summed E-state index contributed by atoms with van der Waals surface area (Å²) in [6, 6.07) is 7.08. The Bertz CT molecular complexity index is 910. The molecule has 5 heterocycles. The summed E-state index contributed by atoms with van der Waals surface area (Å²) in [6.07, 6.45) is 5.47. The summed E-state index contributed by atoms with van der Waals surface area (Å²) in [6.45, 7) is 3.13. The van der Waals surface area contributed by atoms with Crippen LogP contribution in [0.1, 0.15) is 30.6 Å². The number of nitrogens with zero attached hydrogens (tertiary/aromatic N) is 2. The molecule has 0 radical (unpaired) electrons. The quantitative estimate of drug-likeness (QED) is 0.624. The van der Waals surface area contributed by atoms with Crippen LogP contribution < -0.4 is 4.74 Å². The molecule has 1 aromatic carbocycles. The number of carbonyl (C=O) groups is 1. The van der Waals surface area contributed by atoms with Crippen molar-refractivity contribution in [2.75, 3.05) is 13.7 Å². The Hall–Kier alpha value is -2.07. The number of methoxy groups -OCH3 is 1. The Morgan fingerprint density at radius 2 is 2.16 bits per heavy atom. The van der Waals surface area contributed by atoms with Gasteiger partial charge in [0.1, 0.15) is 12.0 Å². The first-order valence-electron chi connectivity index (χ1n) is 9.19. The number of allylic oxidation sites excluding steroid dienone is 1. The van der Waals surface area contributed by atoms with E-state index in [2.05, 4.69) is 41.6 Å². The summed E-state index contributed by atoms with van der Waals surface area (Å²) in [5.74, 6) is 1.48. The Labute approximate surface area is 148 Å². The molecule has 4 nitrogen and oxygen atoms in total. The van der Waals surface area contributed by atoms with Gasteiger partial charge in [-0.3, -0.25) is 4.90 Å². The summed E-state index contributed by atoms with van der Waals surface area (Å²) in [5, 5.41) is 1.29. The minimum absolute atomic E-state index is 0.130. The molecule has 0 amide bonds. The third-order valence-corrected chi connectivity index (χ3v) is 6.86. The van der Waals surface area contributed by atoms with Gasteiger partial charge in [-0.05, 0) is 37.3 Å². The van der Waals surface area contributed by atoms with Gasteiger partial charge in [0.2, 0.25) is 0 Å². The first kappa shape index (κ1) is 15.2. The number of aromatic nitrogens is 1. The van der Waals surface area contributed by atoms with E-state index in [1.54, 1.807) is 7.11 Å². The average Bonchev–Trinajstić information content (AvgIpc) is 2.94. The van der Waals surface area contributed by atoms with Crippen LogP contribution in [0.25, 0.3) is 10.9 Å². The van der Waals surface area contributed by atoms with E-state index in [0.29, 0.717) is 18.0 Å². The van der Waals surface area contributed by atoms with Crippen molar-refractivity contribution < 1.29 is 9.53 Å². The molecule has 4 aliphatic heterocycles. The Morgan fingerprint density at radius 3 is 2.88 bits per heavy atom. The van der Waals surface area contributed by atoms with E-state index < -0.39 is 0 Å². The van der Waals surface area contributed by atoms with Gasteiger partial charge in [-0.1, -0.05) is 23.8 Å². The number of rotatable bonds is 2. The van der Waals surface area contributed by atoms with Crippen molar-refractivity contribution >= 4 is 17.2 Å². The van der Waals surface area contributed by atoms with E-state index in [9.17, 15) is 4.79 Å². The van der Waals surface area contributed by atoms with Crippen molar-refractivity contribution in [1.82, 2.24) is 9.47 Å². The molecule has 0 saturated carbocycles. The summed E-state index contributed by atoms with van der Waals surface area (Å²) in [4.78, 5) is 14.5. The Kier molecular flexibility index (Phi) is 3.17. The second-order valence-corrected chi connectivity index (χ2v) is 7.66. The molecule has 6 rings (SSSR count). The van der Waals surface area contributed by atoms with E-state index in [1.165, 1.54) is 34.0 Å². The number of para-hydroxylation sites is 1. The van der Waals surface area contributed by atoms with Crippen molar-refractivity contribution in [2.45, 2.75) is 31.8 Å². The third kappa shape index (κ3) is 1.78. The van der Waals surface area contributed by atoms with Gasteiger partial charge >= 0.3 is 0 Å². The van der Waals surface area contributed by atoms with E-state index in [0.717, 1.165) is 25.1 Å². The van der Waals surface area contributed by atoms with Gasteiger partial charge in [0.25, 0.3) is 0 Å². The first-order chi connectivity index (χ1) is 12.2. The minimum atomic E-state index is 0.130. The molecular weight excluding hydrogens is 312 g/mol. The lowest BCUT2D eigenvalue weighted by atomic mass is 9.64. The van der Waals surface area contributed by atoms with Gasteiger partial charge in [-0.2, -0.15) is 0 Å². The van der Waals surface area contributed by atoms with Gasteiger partial charge in [0, 0.05) is 36.6 Å². The number of aldehydes is 1. The summed E-state index contributed by atoms with van der Waals surface area (Å²) in [5.41, 5.74) is 5.50. The smallest absolute Gasteiger partial charge is 0.143 e. The molecule has 0 aliphatic carbocycles. The van der Waals surface area contributed by atoms with Crippen molar-refractivity contribution in [2.24, 2.45) is 18.9 Å². The molecule has 130 valence electrons. The fourth-order valence-electron chi connectivity index (χ4n) is 5.81. The van der Waals surface area contributed by atoms with Gasteiger partial charge in [0.15, 0.2) is 0 Å². The maximum atomic E-state index is 11.9. The summed E-state index contributed by atoms with van der Waals surface area (Å²) in [7, 11) is 3.91. The zero-order valence-corrected chi connectivity index (χ0v) is 15.0. The molecule has 3 fully saturated rings. The molecule has 2 aromatic rings. The minimum Gasteiger partial charge on any atom is -0.495 e. The molecular formula is C21H24N2O2. The molecule has 1 aromatic heterocycles. The number of carbonyl (C=O) groups excluding carboxylic acids is 1. The highest BCUT2D eigenvalue weighted by Crippen LogP contribution is 2.54. The molecule has 1 unspecified atom stereocenters. The van der Waals surface area contributed by atoms with Crippen LogP contribution in [0.3, 0.4) is 0 Å². The van der Waals surface area contributed by atoms with E-state index in [4.69, 9.17) is 4.74 Å². The molecule has 4 bridgehead atoms. The maximum absolute atomic E-state index is 11.9. The highest BCUT2D eigenvalue weighted by atomic mass is 16.5. The van der Waals surface area contributed by atoms with Crippen LogP contribution in [0, 0.1) is 11.8 Å². The average molecular weight is 336 g/mol. The number of fused-ring (bicyclic) bond motifs is 4. The van der Waals surface area contributed by atoms with Crippen LogP contribution in [0.15, 0.2) is 29.8 Å².